The maximum absolute atomic E-state index is 16.6. The summed E-state index contributed by atoms with van der Waals surface area (Å²) in [5.41, 5.74) is 0. The summed E-state index contributed by atoms with van der Waals surface area (Å²) in [4.78, 5) is 16.6. The van der Waals surface area contributed by atoms with Gasteiger partial charge in [-0.2, -0.15) is 0 Å². The average molecular weight is 642 g/mol. The van der Waals surface area contributed by atoms with Crippen LogP contribution in [0.5, 0.6) is 0 Å². The first-order valence-corrected chi connectivity index (χ1v) is 23.2. The van der Waals surface area contributed by atoms with Gasteiger partial charge in [0, 0.05) is 0 Å². The van der Waals surface area contributed by atoms with E-state index in [4.69, 9.17) is 0 Å². The standard InChI is InChI=1S/C37H36Ge2O/c40-37(38(31-19-7-1-8-20-31,32-21-9-2-10-22-32)33-23-11-3-12-24-33)39(34-25-13-4-14-26-34,35-27-15-5-16-28-35)36-29-17-6-18-30-36/h1-17,19-21,23,25-29,32-33H,18,22,24,30H2. The number of carbonyl (C=O) groups excluding carboxylic acids is 1. The van der Waals surface area contributed by atoms with Crippen molar-refractivity contribution in [2.75, 3.05) is 0 Å². The van der Waals surface area contributed by atoms with Gasteiger partial charge in [0.05, 0.1) is 0 Å². The molecule has 3 aromatic carbocycles. The minimum absolute atomic E-state index is 0.248. The zero-order chi connectivity index (χ0) is 27.3. The van der Waals surface area contributed by atoms with E-state index >= 15 is 4.79 Å². The van der Waals surface area contributed by atoms with Gasteiger partial charge in [-0.05, 0) is 0 Å². The molecular formula is C37H36Ge2O. The molecule has 1 nitrogen and oxygen atoms in total. The Morgan fingerprint density at radius 2 is 1.07 bits per heavy atom. The van der Waals surface area contributed by atoms with Crippen LogP contribution >= 0.6 is 0 Å². The second-order valence-corrected chi connectivity index (χ2v) is 30.0. The topological polar surface area (TPSA) is 17.1 Å². The Balaban J connectivity index is 1.73. The molecule has 0 aliphatic heterocycles. The fourth-order valence-corrected chi connectivity index (χ4v) is 44.9. The Morgan fingerprint density at radius 3 is 1.50 bits per heavy atom. The van der Waals surface area contributed by atoms with Crippen LogP contribution in [0.15, 0.2) is 162 Å². The molecular weight excluding hydrogens is 606 g/mol. The Bertz CT molecular complexity index is 1440. The Labute approximate surface area is 244 Å². The van der Waals surface area contributed by atoms with Crippen molar-refractivity contribution in [3.8, 4) is 0 Å². The summed E-state index contributed by atoms with van der Waals surface area (Å²) < 4.78 is 6.42. The molecule has 0 bridgehead atoms. The van der Waals surface area contributed by atoms with E-state index in [0.29, 0.717) is 3.45 Å². The number of carbonyl (C=O) groups is 1. The molecule has 0 spiro atoms. The normalized spacial score (nSPS) is 21.6. The van der Waals surface area contributed by atoms with Crippen molar-refractivity contribution in [2.45, 2.75) is 35.2 Å². The van der Waals surface area contributed by atoms with Crippen molar-refractivity contribution in [3.63, 3.8) is 0 Å². The van der Waals surface area contributed by atoms with Crippen LogP contribution in [-0.2, 0) is 0 Å². The van der Waals surface area contributed by atoms with Crippen molar-refractivity contribution in [1.29, 1.82) is 0 Å². The molecule has 3 aliphatic rings. The van der Waals surface area contributed by atoms with Gasteiger partial charge in [-0.25, -0.2) is 0 Å². The fraction of sp³-hybridized carbons (Fsp3) is 0.162. The van der Waals surface area contributed by atoms with Crippen LogP contribution in [-0.4, -0.2) is 30.0 Å². The van der Waals surface area contributed by atoms with Crippen molar-refractivity contribution in [2.24, 2.45) is 0 Å². The van der Waals surface area contributed by atoms with E-state index < -0.39 is 26.5 Å². The average Bonchev–Trinajstić information content (AvgIpc) is 3.05. The molecule has 0 amide bonds. The van der Waals surface area contributed by atoms with Gasteiger partial charge in [0.2, 0.25) is 0 Å². The van der Waals surface area contributed by atoms with E-state index in [1.807, 2.05) is 0 Å². The van der Waals surface area contributed by atoms with Gasteiger partial charge in [-0.15, -0.1) is 0 Å². The van der Waals surface area contributed by atoms with Crippen LogP contribution in [0, 0.1) is 0 Å². The summed E-state index contributed by atoms with van der Waals surface area (Å²) in [6.45, 7) is 0. The van der Waals surface area contributed by atoms with Crippen LogP contribution in [0.3, 0.4) is 0 Å². The molecule has 0 heterocycles. The monoisotopic (exact) mass is 644 g/mol. The van der Waals surface area contributed by atoms with Crippen LogP contribution in [0.4, 0.5) is 4.79 Å². The van der Waals surface area contributed by atoms with E-state index in [9.17, 15) is 0 Å². The predicted octanol–water partition coefficient (Wildman–Crippen LogP) is 7.48. The third-order valence-corrected chi connectivity index (χ3v) is 37.9. The van der Waals surface area contributed by atoms with Crippen LogP contribution in [0.1, 0.15) is 25.7 Å². The second kappa shape index (κ2) is 12.2. The Hall–Kier alpha value is -3.14. The van der Waals surface area contributed by atoms with Gasteiger partial charge in [-0.3, -0.25) is 0 Å². The molecule has 40 heavy (non-hydrogen) atoms. The van der Waals surface area contributed by atoms with Crippen molar-refractivity contribution in [3.05, 3.63) is 162 Å². The van der Waals surface area contributed by atoms with Crippen molar-refractivity contribution in [1.82, 2.24) is 0 Å². The molecule has 2 atom stereocenters. The zero-order valence-electron chi connectivity index (χ0n) is 22.9. The third kappa shape index (κ3) is 4.63. The van der Waals surface area contributed by atoms with Gasteiger partial charge in [0.25, 0.3) is 0 Å². The SMILES string of the molecule is O=[C]([Ge]([C]1=CC=CCC1)([c]1ccccc1)[c]1ccccc1)[Ge]([c]1ccccc1)([CH]1C=CC=CC1)[CH]1C=CC=CC1. The van der Waals surface area contributed by atoms with Crippen molar-refractivity contribution >= 4 is 43.2 Å². The van der Waals surface area contributed by atoms with Gasteiger partial charge < -0.3 is 0 Å². The van der Waals surface area contributed by atoms with Crippen molar-refractivity contribution < 1.29 is 4.79 Å². The molecule has 6 rings (SSSR count). The first-order valence-electron chi connectivity index (χ1n) is 14.5. The summed E-state index contributed by atoms with van der Waals surface area (Å²) in [5, 5.41) is 0. The predicted molar refractivity (Wildman–Crippen MR) is 175 cm³/mol. The Kier molecular flexibility index (Phi) is 8.22. The molecule has 2 unspecified atom stereocenters. The maximum atomic E-state index is 16.6. The van der Waals surface area contributed by atoms with E-state index in [-0.39, 0.29) is 9.50 Å². The van der Waals surface area contributed by atoms with Crippen LogP contribution in [0.2, 0.25) is 9.50 Å². The summed E-state index contributed by atoms with van der Waals surface area (Å²) >= 11 is -7.62. The van der Waals surface area contributed by atoms with E-state index in [0.717, 1.165) is 25.7 Å². The number of benzene rings is 3. The Morgan fingerprint density at radius 1 is 0.575 bits per heavy atom. The van der Waals surface area contributed by atoms with Crippen LogP contribution < -0.4 is 13.2 Å². The first-order chi connectivity index (χ1) is 19.8. The first kappa shape index (κ1) is 27.0. The molecule has 0 saturated carbocycles. The molecule has 0 radical (unpaired) electrons. The quantitative estimate of drug-likeness (QED) is 0.233. The third-order valence-electron chi connectivity index (χ3n) is 9.01. The van der Waals surface area contributed by atoms with Crippen LogP contribution in [0.25, 0.3) is 0 Å². The molecule has 0 fully saturated rings. The molecule has 3 aliphatic carbocycles. The van der Waals surface area contributed by atoms with Gasteiger partial charge in [0.1, 0.15) is 0 Å². The van der Waals surface area contributed by atoms with Gasteiger partial charge in [-0.1, -0.05) is 0 Å². The number of hydrogen-bond donors (Lipinski definition) is 0. The number of hydrogen-bond acceptors (Lipinski definition) is 1. The van der Waals surface area contributed by atoms with E-state index in [1.54, 1.807) is 0 Å². The summed E-state index contributed by atoms with van der Waals surface area (Å²) in [6.07, 6.45) is 28.7. The second-order valence-electron chi connectivity index (χ2n) is 11.0. The van der Waals surface area contributed by atoms with Gasteiger partial charge in [0.15, 0.2) is 0 Å². The van der Waals surface area contributed by atoms with Gasteiger partial charge >= 0.3 is 245 Å². The summed E-state index contributed by atoms with van der Waals surface area (Å²) in [6, 6.07) is 32.9. The molecule has 0 saturated heterocycles. The molecule has 3 heteroatoms. The van der Waals surface area contributed by atoms with E-state index in [2.05, 4.69) is 158 Å². The summed E-state index contributed by atoms with van der Waals surface area (Å²) in [5.74, 6) is 0. The van der Waals surface area contributed by atoms with E-state index in [1.165, 1.54) is 17.6 Å². The summed E-state index contributed by atoms with van der Waals surface area (Å²) in [7, 11) is 0. The molecule has 0 aromatic heterocycles. The number of allylic oxidation sites excluding steroid dienone is 12. The molecule has 198 valence electrons. The minimum atomic E-state index is -3.88. The zero-order valence-corrected chi connectivity index (χ0v) is 27.1. The fourth-order valence-electron chi connectivity index (χ4n) is 7.27. The number of rotatable bonds is 8. The molecule has 0 N–H and O–H groups in total. The molecule has 3 aromatic rings.